The summed E-state index contributed by atoms with van der Waals surface area (Å²) in [4.78, 5) is 14.7. The minimum atomic E-state index is -0.0671. The molecular formula is C16H17N5OS. The summed E-state index contributed by atoms with van der Waals surface area (Å²) in [5.74, 6) is -0.0671. The molecule has 1 aliphatic rings. The number of amides is 1. The number of aryl methyl sites for hydroxylation is 4. The van der Waals surface area contributed by atoms with Crippen molar-refractivity contribution in [3.8, 4) is 11.3 Å². The number of hydrogen-bond donors (Lipinski definition) is 1. The highest BCUT2D eigenvalue weighted by Crippen LogP contribution is 2.32. The Labute approximate surface area is 137 Å². The number of carbonyl (C=O) groups excluding carboxylic acids is 1. The van der Waals surface area contributed by atoms with E-state index in [4.69, 9.17) is 0 Å². The van der Waals surface area contributed by atoms with Crippen molar-refractivity contribution < 1.29 is 4.79 Å². The summed E-state index contributed by atoms with van der Waals surface area (Å²) in [7, 11) is 3.70. The molecule has 7 heteroatoms. The average molecular weight is 327 g/mol. The molecule has 1 aliphatic carbocycles. The van der Waals surface area contributed by atoms with E-state index in [2.05, 4.69) is 15.5 Å². The number of carbonyl (C=O) groups is 1. The predicted octanol–water partition coefficient (Wildman–Crippen LogP) is 2.62. The lowest BCUT2D eigenvalue weighted by atomic mass is 10.2. The maximum absolute atomic E-state index is 12.6. The summed E-state index contributed by atoms with van der Waals surface area (Å²) in [6.45, 7) is 0. The van der Waals surface area contributed by atoms with Crippen molar-refractivity contribution in [2.24, 2.45) is 14.1 Å². The zero-order valence-corrected chi connectivity index (χ0v) is 13.9. The third-order valence-corrected chi connectivity index (χ3v) is 5.26. The zero-order valence-electron chi connectivity index (χ0n) is 13.0. The highest BCUT2D eigenvalue weighted by Gasteiger charge is 2.20. The summed E-state index contributed by atoms with van der Waals surface area (Å²) < 4.78 is 3.42. The van der Waals surface area contributed by atoms with E-state index in [1.807, 2.05) is 32.6 Å². The molecule has 0 radical (unpaired) electrons. The monoisotopic (exact) mass is 327 g/mol. The van der Waals surface area contributed by atoms with Gasteiger partial charge in [0.25, 0.3) is 5.91 Å². The van der Waals surface area contributed by atoms with E-state index in [0.29, 0.717) is 5.69 Å². The number of rotatable bonds is 3. The fraction of sp³-hybridized carbons (Fsp3) is 0.312. The second-order valence-corrected chi connectivity index (χ2v) is 6.97. The van der Waals surface area contributed by atoms with E-state index in [-0.39, 0.29) is 5.91 Å². The maximum atomic E-state index is 12.6. The van der Waals surface area contributed by atoms with Crippen LogP contribution in [0, 0.1) is 0 Å². The van der Waals surface area contributed by atoms with Crippen LogP contribution in [0.1, 0.15) is 26.5 Å². The van der Waals surface area contributed by atoms with Gasteiger partial charge in [-0.1, -0.05) is 0 Å². The van der Waals surface area contributed by atoms with Crippen LogP contribution in [0.5, 0.6) is 0 Å². The SMILES string of the molecule is Cn1cc(-c2nn(C)cc2NC(=O)c2cc3c(s2)CCC3)cn1. The van der Waals surface area contributed by atoms with Gasteiger partial charge in [-0.3, -0.25) is 14.2 Å². The second-order valence-electron chi connectivity index (χ2n) is 5.83. The summed E-state index contributed by atoms with van der Waals surface area (Å²) in [5, 5.41) is 11.6. The van der Waals surface area contributed by atoms with Crippen molar-refractivity contribution in [1.29, 1.82) is 0 Å². The quantitative estimate of drug-likeness (QED) is 0.804. The molecule has 3 aromatic heterocycles. The number of thiophene rings is 1. The normalized spacial score (nSPS) is 13.3. The molecule has 0 spiro atoms. The fourth-order valence-corrected chi connectivity index (χ4v) is 4.11. The van der Waals surface area contributed by atoms with E-state index >= 15 is 0 Å². The molecule has 0 fully saturated rings. The molecular weight excluding hydrogens is 310 g/mol. The molecule has 1 amide bonds. The van der Waals surface area contributed by atoms with Crippen LogP contribution in [-0.4, -0.2) is 25.5 Å². The number of anilines is 1. The Morgan fingerprint density at radius 1 is 1.26 bits per heavy atom. The Kier molecular flexibility index (Phi) is 3.30. The van der Waals surface area contributed by atoms with Crippen molar-refractivity contribution in [3.05, 3.63) is 40.0 Å². The number of fused-ring (bicyclic) bond motifs is 1. The number of hydrogen-bond acceptors (Lipinski definition) is 4. The third kappa shape index (κ3) is 2.57. The molecule has 23 heavy (non-hydrogen) atoms. The highest BCUT2D eigenvalue weighted by atomic mass is 32.1. The Morgan fingerprint density at radius 3 is 2.87 bits per heavy atom. The maximum Gasteiger partial charge on any atom is 0.265 e. The Bertz CT molecular complexity index is 867. The van der Waals surface area contributed by atoms with Gasteiger partial charge in [-0.25, -0.2) is 0 Å². The first-order chi connectivity index (χ1) is 11.1. The van der Waals surface area contributed by atoms with Crippen LogP contribution in [0.25, 0.3) is 11.3 Å². The fourth-order valence-electron chi connectivity index (χ4n) is 2.96. The van der Waals surface area contributed by atoms with Crippen LogP contribution in [0.3, 0.4) is 0 Å². The smallest absolute Gasteiger partial charge is 0.265 e. The van der Waals surface area contributed by atoms with Gasteiger partial charge in [-0.2, -0.15) is 10.2 Å². The minimum absolute atomic E-state index is 0.0671. The van der Waals surface area contributed by atoms with Crippen LogP contribution in [0.4, 0.5) is 5.69 Å². The molecule has 0 aliphatic heterocycles. The molecule has 0 aromatic carbocycles. The average Bonchev–Trinajstić information content (AvgIpc) is 3.21. The van der Waals surface area contributed by atoms with Gasteiger partial charge in [0.05, 0.1) is 16.8 Å². The largest absolute Gasteiger partial charge is 0.318 e. The van der Waals surface area contributed by atoms with Gasteiger partial charge in [0, 0.05) is 36.9 Å². The van der Waals surface area contributed by atoms with Crippen LogP contribution >= 0.6 is 11.3 Å². The Hall–Kier alpha value is -2.41. The summed E-state index contributed by atoms with van der Waals surface area (Å²) in [5.41, 5.74) is 3.66. The van der Waals surface area contributed by atoms with Crippen LogP contribution in [0.2, 0.25) is 0 Å². The summed E-state index contributed by atoms with van der Waals surface area (Å²) >= 11 is 1.61. The Balaban J connectivity index is 1.62. The Morgan fingerprint density at radius 2 is 2.13 bits per heavy atom. The van der Waals surface area contributed by atoms with Gasteiger partial charge in [-0.15, -0.1) is 11.3 Å². The van der Waals surface area contributed by atoms with Crippen molar-refractivity contribution in [1.82, 2.24) is 19.6 Å². The topological polar surface area (TPSA) is 64.7 Å². The van der Waals surface area contributed by atoms with Gasteiger partial charge in [-0.05, 0) is 30.9 Å². The van der Waals surface area contributed by atoms with E-state index in [9.17, 15) is 4.79 Å². The first kappa shape index (κ1) is 14.2. The number of nitrogens with zero attached hydrogens (tertiary/aromatic N) is 4. The molecule has 3 heterocycles. The highest BCUT2D eigenvalue weighted by molar-refractivity contribution is 7.14. The molecule has 0 atom stereocenters. The zero-order chi connectivity index (χ0) is 16.0. The van der Waals surface area contributed by atoms with Crippen LogP contribution < -0.4 is 5.32 Å². The molecule has 1 N–H and O–H groups in total. The van der Waals surface area contributed by atoms with E-state index in [1.165, 1.54) is 16.9 Å². The van der Waals surface area contributed by atoms with Crippen LogP contribution in [0.15, 0.2) is 24.7 Å². The van der Waals surface area contributed by atoms with Crippen molar-refractivity contribution in [3.63, 3.8) is 0 Å². The van der Waals surface area contributed by atoms with Crippen molar-refractivity contribution in [2.75, 3.05) is 5.32 Å². The van der Waals surface area contributed by atoms with Gasteiger partial charge < -0.3 is 5.32 Å². The molecule has 0 saturated heterocycles. The second kappa shape index (κ2) is 5.34. The standard InChI is InChI=1S/C16H17N5OS/c1-20-8-11(7-17-20)15-12(9-21(2)19-15)18-16(22)14-6-10-4-3-5-13(10)23-14/h6-9H,3-5H2,1-2H3,(H,18,22). The molecule has 0 saturated carbocycles. The van der Waals surface area contributed by atoms with E-state index in [1.54, 1.807) is 26.9 Å². The van der Waals surface area contributed by atoms with Crippen molar-refractivity contribution >= 4 is 22.9 Å². The summed E-state index contributed by atoms with van der Waals surface area (Å²) in [6, 6.07) is 2.03. The van der Waals surface area contributed by atoms with Gasteiger partial charge >= 0.3 is 0 Å². The predicted molar refractivity (Wildman–Crippen MR) is 89.7 cm³/mol. The lowest BCUT2D eigenvalue weighted by molar-refractivity contribution is 0.103. The molecule has 0 unspecified atom stereocenters. The molecule has 118 valence electrons. The first-order valence-electron chi connectivity index (χ1n) is 7.56. The molecule has 6 nitrogen and oxygen atoms in total. The lowest BCUT2D eigenvalue weighted by Crippen LogP contribution is -2.10. The molecule has 4 rings (SSSR count). The lowest BCUT2D eigenvalue weighted by Gasteiger charge is -2.02. The minimum Gasteiger partial charge on any atom is -0.318 e. The van der Waals surface area contributed by atoms with Gasteiger partial charge in [0.15, 0.2) is 0 Å². The third-order valence-electron chi connectivity index (χ3n) is 4.03. The van der Waals surface area contributed by atoms with E-state index < -0.39 is 0 Å². The number of nitrogens with one attached hydrogen (secondary N) is 1. The van der Waals surface area contributed by atoms with Crippen LogP contribution in [-0.2, 0) is 26.9 Å². The first-order valence-corrected chi connectivity index (χ1v) is 8.37. The van der Waals surface area contributed by atoms with Gasteiger partial charge in [0.1, 0.15) is 5.69 Å². The molecule has 0 bridgehead atoms. The van der Waals surface area contributed by atoms with E-state index in [0.717, 1.165) is 29.0 Å². The molecule has 3 aromatic rings. The number of aromatic nitrogens is 4. The van der Waals surface area contributed by atoms with Crippen molar-refractivity contribution in [2.45, 2.75) is 19.3 Å². The van der Waals surface area contributed by atoms with Gasteiger partial charge in [0.2, 0.25) is 0 Å². The summed E-state index contributed by atoms with van der Waals surface area (Å²) in [6.07, 6.45) is 8.85.